The van der Waals surface area contributed by atoms with E-state index in [1.807, 2.05) is 13.0 Å². The van der Waals surface area contributed by atoms with Crippen LogP contribution in [0.1, 0.15) is 37.1 Å². The first-order chi connectivity index (χ1) is 10.1. The van der Waals surface area contributed by atoms with Gasteiger partial charge in [-0.2, -0.15) is 4.98 Å². The second-order valence-corrected chi connectivity index (χ2v) is 5.45. The molecule has 0 amide bonds. The molecule has 21 heavy (non-hydrogen) atoms. The lowest BCUT2D eigenvalue weighted by atomic mass is 10.1. The number of nitrogens with one attached hydrogen (secondary N) is 2. The summed E-state index contributed by atoms with van der Waals surface area (Å²) in [5.41, 5.74) is 3.50. The molecule has 1 unspecified atom stereocenters. The van der Waals surface area contributed by atoms with Crippen molar-refractivity contribution in [2.75, 3.05) is 10.6 Å². The number of anilines is 2. The van der Waals surface area contributed by atoms with Crippen molar-refractivity contribution in [3.8, 4) is 0 Å². The molecule has 0 aliphatic rings. The van der Waals surface area contributed by atoms with E-state index in [-0.39, 0.29) is 0 Å². The van der Waals surface area contributed by atoms with Crippen LogP contribution in [0.5, 0.6) is 0 Å². The Morgan fingerprint density at radius 1 is 1.14 bits per heavy atom. The summed E-state index contributed by atoms with van der Waals surface area (Å²) in [4.78, 5) is 8.98. The molecule has 0 saturated heterocycles. The van der Waals surface area contributed by atoms with Gasteiger partial charge >= 0.3 is 0 Å². The first-order valence-electron chi connectivity index (χ1n) is 7.49. The molecule has 0 spiro atoms. The van der Waals surface area contributed by atoms with E-state index in [0.29, 0.717) is 12.0 Å². The van der Waals surface area contributed by atoms with Gasteiger partial charge < -0.3 is 10.6 Å². The predicted octanol–water partition coefficient (Wildman–Crippen LogP) is 3.92. The van der Waals surface area contributed by atoms with Gasteiger partial charge in [0.25, 0.3) is 0 Å². The van der Waals surface area contributed by atoms with E-state index in [1.54, 1.807) is 0 Å². The van der Waals surface area contributed by atoms with E-state index in [0.717, 1.165) is 24.5 Å². The summed E-state index contributed by atoms with van der Waals surface area (Å²) in [6.45, 7) is 9.15. The Kier molecular flexibility index (Phi) is 5.14. The Hall–Kier alpha value is -2.10. The molecule has 0 saturated carbocycles. The number of nitrogens with zero attached hydrogens (tertiary/aromatic N) is 2. The van der Waals surface area contributed by atoms with E-state index in [1.165, 1.54) is 11.1 Å². The van der Waals surface area contributed by atoms with Crippen molar-refractivity contribution in [2.45, 2.75) is 46.7 Å². The lowest BCUT2D eigenvalue weighted by Gasteiger charge is -2.14. The van der Waals surface area contributed by atoms with Gasteiger partial charge in [-0.05, 0) is 38.3 Å². The van der Waals surface area contributed by atoms with Crippen LogP contribution in [0.25, 0.3) is 0 Å². The third kappa shape index (κ3) is 4.45. The molecular weight excluding hydrogens is 260 g/mol. The monoisotopic (exact) mass is 284 g/mol. The van der Waals surface area contributed by atoms with Crippen LogP contribution in [0.2, 0.25) is 0 Å². The van der Waals surface area contributed by atoms with E-state index in [9.17, 15) is 0 Å². The van der Waals surface area contributed by atoms with E-state index in [2.05, 4.69) is 65.6 Å². The highest BCUT2D eigenvalue weighted by Gasteiger charge is 2.05. The minimum atomic E-state index is 0.406. The van der Waals surface area contributed by atoms with Gasteiger partial charge in [-0.15, -0.1) is 0 Å². The fourth-order valence-electron chi connectivity index (χ4n) is 2.06. The van der Waals surface area contributed by atoms with Gasteiger partial charge in [0, 0.05) is 24.3 Å². The summed E-state index contributed by atoms with van der Waals surface area (Å²) in [5, 5.41) is 6.70. The number of benzene rings is 1. The van der Waals surface area contributed by atoms with Crippen LogP contribution in [0, 0.1) is 13.8 Å². The molecule has 2 N–H and O–H groups in total. The lowest BCUT2D eigenvalue weighted by molar-refractivity contribution is 0.758. The number of hydrogen-bond acceptors (Lipinski definition) is 4. The van der Waals surface area contributed by atoms with E-state index in [4.69, 9.17) is 0 Å². The van der Waals surface area contributed by atoms with E-state index < -0.39 is 0 Å². The van der Waals surface area contributed by atoms with Crippen molar-refractivity contribution < 1.29 is 0 Å². The molecule has 2 aromatic rings. The van der Waals surface area contributed by atoms with Crippen LogP contribution in [0.3, 0.4) is 0 Å². The lowest BCUT2D eigenvalue weighted by Crippen LogP contribution is -2.16. The molecule has 1 aromatic carbocycles. The van der Waals surface area contributed by atoms with Gasteiger partial charge in [0.2, 0.25) is 5.95 Å². The molecule has 112 valence electrons. The highest BCUT2D eigenvalue weighted by Crippen LogP contribution is 2.13. The summed E-state index contributed by atoms with van der Waals surface area (Å²) < 4.78 is 0. The number of hydrogen-bond donors (Lipinski definition) is 2. The molecule has 0 radical (unpaired) electrons. The smallest absolute Gasteiger partial charge is 0.225 e. The van der Waals surface area contributed by atoms with Gasteiger partial charge in [-0.25, -0.2) is 4.98 Å². The molecule has 0 bridgehead atoms. The van der Waals surface area contributed by atoms with E-state index >= 15 is 0 Å². The quantitative estimate of drug-likeness (QED) is 0.844. The van der Waals surface area contributed by atoms with Crippen LogP contribution in [0.4, 0.5) is 11.8 Å². The summed E-state index contributed by atoms with van der Waals surface area (Å²) in [6, 6.07) is 10.7. The van der Waals surface area contributed by atoms with Crippen molar-refractivity contribution in [3.05, 3.63) is 47.2 Å². The maximum atomic E-state index is 4.53. The van der Waals surface area contributed by atoms with Crippen molar-refractivity contribution in [1.82, 2.24) is 9.97 Å². The highest BCUT2D eigenvalue weighted by molar-refractivity contribution is 5.43. The van der Waals surface area contributed by atoms with Crippen LogP contribution in [-0.2, 0) is 6.54 Å². The SMILES string of the molecule is CCC(C)Nc1cc(C)nc(NCc2ccccc2C)n1. The normalized spacial score (nSPS) is 12.0. The van der Waals surface area contributed by atoms with Crippen LogP contribution in [-0.4, -0.2) is 16.0 Å². The molecule has 2 rings (SSSR count). The van der Waals surface area contributed by atoms with Crippen LogP contribution in [0.15, 0.2) is 30.3 Å². The average molecular weight is 284 g/mol. The fraction of sp³-hybridized carbons (Fsp3) is 0.412. The topological polar surface area (TPSA) is 49.8 Å². The Morgan fingerprint density at radius 3 is 2.62 bits per heavy atom. The molecule has 4 nitrogen and oxygen atoms in total. The largest absolute Gasteiger partial charge is 0.367 e. The minimum Gasteiger partial charge on any atom is -0.367 e. The number of aryl methyl sites for hydroxylation is 2. The molecule has 4 heteroatoms. The summed E-state index contributed by atoms with van der Waals surface area (Å²) >= 11 is 0. The molecule has 1 aromatic heterocycles. The Bertz CT molecular complexity index is 595. The summed E-state index contributed by atoms with van der Waals surface area (Å²) in [5.74, 6) is 1.55. The third-order valence-electron chi connectivity index (χ3n) is 3.56. The van der Waals surface area contributed by atoms with Crippen molar-refractivity contribution in [1.29, 1.82) is 0 Å². The maximum Gasteiger partial charge on any atom is 0.225 e. The summed E-state index contributed by atoms with van der Waals surface area (Å²) in [7, 11) is 0. The number of aromatic nitrogens is 2. The fourth-order valence-corrected chi connectivity index (χ4v) is 2.06. The Morgan fingerprint density at radius 2 is 1.90 bits per heavy atom. The van der Waals surface area contributed by atoms with Crippen LogP contribution >= 0.6 is 0 Å². The third-order valence-corrected chi connectivity index (χ3v) is 3.56. The van der Waals surface area contributed by atoms with Crippen molar-refractivity contribution in [3.63, 3.8) is 0 Å². The highest BCUT2D eigenvalue weighted by atomic mass is 15.1. The Labute approximate surface area is 127 Å². The standard InChI is InChI=1S/C17H24N4/c1-5-13(3)19-16-10-14(4)20-17(21-16)18-11-15-9-7-6-8-12(15)2/h6-10,13H,5,11H2,1-4H3,(H2,18,19,20,21). The Balaban J connectivity index is 2.08. The molecule has 0 aliphatic heterocycles. The van der Waals surface area contributed by atoms with Crippen LogP contribution < -0.4 is 10.6 Å². The first-order valence-corrected chi connectivity index (χ1v) is 7.49. The average Bonchev–Trinajstić information content (AvgIpc) is 2.45. The van der Waals surface area contributed by atoms with Crippen molar-refractivity contribution >= 4 is 11.8 Å². The second kappa shape index (κ2) is 7.07. The molecular formula is C17H24N4. The second-order valence-electron chi connectivity index (χ2n) is 5.45. The molecule has 1 atom stereocenters. The zero-order valence-corrected chi connectivity index (χ0v) is 13.3. The molecule has 0 fully saturated rings. The van der Waals surface area contributed by atoms with Gasteiger partial charge in [0.05, 0.1) is 0 Å². The molecule has 1 heterocycles. The van der Waals surface area contributed by atoms with Gasteiger partial charge in [0.1, 0.15) is 5.82 Å². The van der Waals surface area contributed by atoms with Gasteiger partial charge in [-0.1, -0.05) is 31.2 Å². The maximum absolute atomic E-state index is 4.53. The predicted molar refractivity (Wildman–Crippen MR) is 88.7 cm³/mol. The minimum absolute atomic E-state index is 0.406. The molecule has 0 aliphatic carbocycles. The zero-order chi connectivity index (χ0) is 15.2. The summed E-state index contributed by atoms with van der Waals surface area (Å²) in [6.07, 6.45) is 1.06. The number of rotatable bonds is 6. The van der Waals surface area contributed by atoms with Gasteiger partial charge in [0.15, 0.2) is 0 Å². The first kappa shape index (κ1) is 15.3. The van der Waals surface area contributed by atoms with Crippen molar-refractivity contribution in [2.24, 2.45) is 0 Å². The van der Waals surface area contributed by atoms with Gasteiger partial charge in [-0.3, -0.25) is 0 Å². The zero-order valence-electron chi connectivity index (χ0n) is 13.3.